The second-order valence-corrected chi connectivity index (χ2v) is 5.19. The lowest BCUT2D eigenvalue weighted by atomic mass is 10.2. The molecule has 1 N–H and O–H groups in total. The van der Waals surface area contributed by atoms with Crippen molar-refractivity contribution < 1.29 is 14.3 Å². The van der Waals surface area contributed by atoms with Crippen molar-refractivity contribution in [2.24, 2.45) is 0 Å². The van der Waals surface area contributed by atoms with Crippen molar-refractivity contribution in [3.63, 3.8) is 0 Å². The van der Waals surface area contributed by atoms with Crippen LogP contribution >= 0.6 is 0 Å². The molecular formula is C17H18N2O3. The number of nitrogens with one attached hydrogen (secondary N) is 1. The van der Waals surface area contributed by atoms with Gasteiger partial charge in [-0.1, -0.05) is 12.1 Å². The molecule has 3 rings (SSSR count). The quantitative estimate of drug-likeness (QED) is 0.943. The molecule has 1 amide bonds. The number of hydrogen-bond acceptors (Lipinski definition) is 4. The van der Waals surface area contributed by atoms with Crippen LogP contribution in [0.1, 0.15) is 22.5 Å². The van der Waals surface area contributed by atoms with Gasteiger partial charge in [-0.15, -0.1) is 0 Å². The van der Waals surface area contributed by atoms with Gasteiger partial charge in [0.2, 0.25) is 0 Å². The summed E-state index contributed by atoms with van der Waals surface area (Å²) >= 11 is 0. The average Bonchev–Trinajstić information content (AvgIpc) is 3.02. The number of rotatable bonds is 4. The van der Waals surface area contributed by atoms with E-state index in [0.29, 0.717) is 35.9 Å². The Hall–Kier alpha value is -2.40. The molecule has 5 nitrogen and oxygen atoms in total. The summed E-state index contributed by atoms with van der Waals surface area (Å²) in [6.45, 7) is 3.12. The van der Waals surface area contributed by atoms with Gasteiger partial charge in [-0.3, -0.25) is 9.78 Å². The lowest BCUT2D eigenvalue weighted by molar-refractivity contribution is 0.102. The van der Waals surface area contributed by atoms with Crippen LogP contribution in [0.5, 0.6) is 5.75 Å². The molecular weight excluding hydrogens is 280 g/mol. The Morgan fingerprint density at radius 1 is 1.32 bits per heavy atom. The summed E-state index contributed by atoms with van der Waals surface area (Å²) in [5.74, 6) is 0.470. The molecule has 0 radical (unpaired) electrons. The molecule has 2 heterocycles. The highest BCUT2D eigenvalue weighted by molar-refractivity contribution is 6.05. The fourth-order valence-electron chi connectivity index (χ4n) is 2.37. The van der Waals surface area contributed by atoms with E-state index in [1.807, 2.05) is 31.2 Å². The predicted molar refractivity (Wildman–Crippen MR) is 83.2 cm³/mol. The number of carbonyl (C=O) groups excluding carboxylic acids is 1. The first kappa shape index (κ1) is 14.5. The normalized spacial score (nSPS) is 17.2. The molecule has 0 aliphatic carbocycles. The Morgan fingerprint density at radius 2 is 2.18 bits per heavy atom. The Kier molecular flexibility index (Phi) is 4.34. The molecule has 0 unspecified atom stereocenters. The van der Waals surface area contributed by atoms with Crippen molar-refractivity contribution in [3.05, 3.63) is 53.9 Å². The molecule has 114 valence electrons. The number of hydrogen-bond donors (Lipinski definition) is 1. The number of aromatic nitrogens is 1. The van der Waals surface area contributed by atoms with Gasteiger partial charge in [-0.05, 0) is 31.2 Å². The van der Waals surface area contributed by atoms with Crippen LogP contribution in [0.2, 0.25) is 0 Å². The third kappa shape index (κ3) is 3.26. The highest BCUT2D eigenvalue weighted by Crippen LogP contribution is 2.27. The molecule has 1 aromatic carbocycles. The maximum absolute atomic E-state index is 12.4. The van der Waals surface area contributed by atoms with E-state index in [4.69, 9.17) is 9.47 Å². The fourth-order valence-corrected chi connectivity index (χ4v) is 2.37. The van der Waals surface area contributed by atoms with Crippen molar-refractivity contribution in [2.75, 3.05) is 18.5 Å². The third-order valence-corrected chi connectivity index (χ3v) is 3.57. The van der Waals surface area contributed by atoms with Gasteiger partial charge in [0, 0.05) is 18.3 Å². The molecule has 1 saturated heterocycles. The molecule has 2 aromatic rings. The van der Waals surface area contributed by atoms with E-state index >= 15 is 0 Å². The Bertz CT molecular complexity index is 666. The zero-order valence-corrected chi connectivity index (χ0v) is 12.4. The topological polar surface area (TPSA) is 60.5 Å². The van der Waals surface area contributed by atoms with Crippen molar-refractivity contribution in [1.29, 1.82) is 0 Å². The van der Waals surface area contributed by atoms with Crippen molar-refractivity contribution >= 4 is 11.6 Å². The number of amides is 1. The summed E-state index contributed by atoms with van der Waals surface area (Å²) in [5.41, 5.74) is 1.91. The molecule has 1 atom stereocenters. The summed E-state index contributed by atoms with van der Waals surface area (Å²) < 4.78 is 11.2. The minimum absolute atomic E-state index is 0.0400. The van der Waals surface area contributed by atoms with E-state index in [2.05, 4.69) is 10.3 Å². The second-order valence-electron chi connectivity index (χ2n) is 5.19. The van der Waals surface area contributed by atoms with Crippen LogP contribution in [0, 0.1) is 6.92 Å². The number of nitrogens with zero attached hydrogens (tertiary/aromatic N) is 1. The minimum atomic E-state index is -0.190. The van der Waals surface area contributed by atoms with E-state index in [1.165, 1.54) is 0 Å². The first-order valence-electron chi connectivity index (χ1n) is 7.30. The standard InChI is InChI=1S/C17H18N2O3/c1-12-14(5-4-9-18-12)17(20)19-15-6-2-3-7-16(15)22-13-8-10-21-11-13/h2-7,9,13H,8,10-11H2,1H3,(H,19,20)/t13-/m1/s1. The third-order valence-electron chi connectivity index (χ3n) is 3.57. The highest BCUT2D eigenvalue weighted by Gasteiger charge is 2.19. The van der Waals surface area contributed by atoms with Crippen LogP contribution in [0.25, 0.3) is 0 Å². The van der Waals surface area contributed by atoms with Crippen LogP contribution in [0.15, 0.2) is 42.6 Å². The number of para-hydroxylation sites is 2. The average molecular weight is 298 g/mol. The van der Waals surface area contributed by atoms with Crippen LogP contribution in [-0.4, -0.2) is 30.2 Å². The molecule has 0 saturated carbocycles. The van der Waals surface area contributed by atoms with Gasteiger partial charge in [0.15, 0.2) is 0 Å². The smallest absolute Gasteiger partial charge is 0.257 e. The molecule has 1 aliphatic heterocycles. The predicted octanol–water partition coefficient (Wildman–Crippen LogP) is 2.81. The number of benzene rings is 1. The molecule has 1 aromatic heterocycles. The fraction of sp³-hybridized carbons (Fsp3) is 0.294. The van der Waals surface area contributed by atoms with Crippen LogP contribution in [-0.2, 0) is 4.74 Å². The van der Waals surface area contributed by atoms with Crippen molar-refractivity contribution in [1.82, 2.24) is 4.98 Å². The van der Waals surface area contributed by atoms with Gasteiger partial charge in [-0.25, -0.2) is 0 Å². The molecule has 0 spiro atoms. The van der Waals surface area contributed by atoms with Gasteiger partial charge in [0.25, 0.3) is 5.91 Å². The summed E-state index contributed by atoms with van der Waals surface area (Å²) in [6.07, 6.45) is 2.57. The Labute approximate surface area is 129 Å². The second kappa shape index (κ2) is 6.58. The lowest BCUT2D eigenvalue weighted by Gasteiger charge is -2.16. The maximum atomic E-state index is 12.4. The van der Waals surface area contributed by atoms with E-state index in [1.54, 1.807) is 18.3 Å². The van der Waals surface area contributed by atoms with Gasteiger partial charge >= 0.3 is 0 Å². The summed E-state index contributed by atoms with van der Waals surface area (Å²) in [4.78, 5) is 16.5. The summed E-state index contributed by atoms with van der Waals surface area (Å²) in [7, 11) is 0. The van der Waals surface area contributed by atoms with Gasteiger partial charge in [0.1, 0.15) is 11.9 Å². The number of carbonyl (C=O) groups is 1. The highest BCUT2D eigenvalue weighted by atomic mass is 16.5. The van der Waals surface area contributed by atoms with E-state index < -0.39 is 0 Å². The Morgan fingerprint density at radius 3 is 2.95 bits per heavy atom. The lowest BCUT2D eigenvalue weighted by Crippen LogP contribution is -2.19. The van der Waals surface area contributed by atoms with E-state index in [9.17, 15) is 4.79 Å². The number of ether oxygens (including phenoxy) is 2. The zero-order valence-electron chi connectivity index (χ0n) is 12.4. The van der Waals surface area contributed by atoms with Gasteiger partial charge in [0.05, 0.1) is 24.5 Å². The van der Waals surface area contributed by atoms with Crippen LogP contribution < -0.4 is 10.1 Å². The van der Waals surface area contributed by atoms with E-state index in [-0.39, 0.29) is 12.0 Å². The van der Waals surface area contributed by atoms with Crippen LogP contribution in [0.4, 0.5) is 5.69 Å². The monoisotopic (exact) mass is 298 g/mol. The first-order valence-corrected chi connectivity index (χ1v) is 7.30. The number of pyridine rings is 1. The minimum Gasteiger partial charge on any atom is -0.486 e. The van der Waals surface area contributed by atoms with Crippen molar-refractivity contribution in [3.8, 4) is 5.75 Å². The van der Waals surface area contributed by atoms with E-state index in [0.717, 1.165) is 6.42 Å². The zero-order chi connectivity index (χ0) is 15.4. The van der Waals surface area contributed by atoms with Gasteiger partial charge < -0.3 is 14.8 Å². The first-order chi connectivity index (χ1) is 10.7. The van der Waals surface area contributed by atoms with Crippen molar-refractivity contribution in [2.45, 2.75) is 19.4 Å². The largest absolute Gasteiger partial charge is 0.486 e. The number of anilines is 1. The summed E-state index contributed by atoms with van der Waals surface area (Å²) in [6, 6.07) is 10.9. The molecule has 1 fully saturated rings. The summed E-state index contributed by atoms with van der Waals surface area (Å²) in [5, 5.41) is 2.90. The molecule has 0 bridgehead atoms. The SMILES string of the molecule is Cc1ncccc1C(=O)Nc1ccccc1O[C@@H]1CCOC1. The molecule has 22 heavy (non-hydrogen) atoms. The maximum Gasteiger partial charge on any atom is 0.257 e. The number of aryl methyl sites for hydroxylation is 1. The molecule has 5 heteroatoms. The Balaban J connectivity index is 1.77. The van der Waals surface area contributed by atoms with Crippen LogP contribution in [0.3, 0.4) is 0 Å². The molecule has 1 aliphatic rings. The van der Waals surface area contributed by atoms with Gasteiger partial charge in [-0.2, -0.15) is 0 Å².